The highest BCUT2D eigenvalue weighted by molar-refractivity contribution is 5.84. The maximum Gasteiger partial charge on any atom is 0.243 e. The van der Waals surface area contributed by atoms with E-state index in [9.17, 15) is 4.79 Å². The van der Waals surface area contributed by atoms with E-state index in [4.69, 9.17) is 4.74 Å². The molecule has 2 unspecified atom stereocenters. The first-order chi connectivity index (χ1) is 11.9. The van der Waals surface area contributed by atoms with Crippen molar-refractivity contribution in [1.82, 2.24) is 15.5 Å². The van der Waals surface area contributed by atoms with Gasteiger partial charge in [0, 0.05) is 33.3 Å². The Labute approximate surface area is 153 Å². The molecule has 0 aromatic rings. The molecule has 0 saturated carbocycles. The fraction of sp³-hybridized carbons (Fsp3) is 0.895. The summed E-state index contributed by atoms with van der Waals surface area (Å²) in [5.41, 5.74) is 0. The predicted molar refractivity (Wildman–Crippen MR) is 104 cm³/mol. The van der Waals surface area contributed by atoms with Crippen LogP contribution in [0.15, 0.2) is 4.99 Å². The molecule has 6 heteroatoms. The van der Waals surface area contributed by atoms with Gasteiger partial charge >= 0.3 is 0 Å². The van der Waals surface area contributed by atoms with Crippen molar-refractivity contribution in [3.05, 3.63) is 0 Å². The SMILES string of the molecule is CCC(CC)C1CC(NC(=NCC(=O)N(C)C)NCC(C)C)CCO1. The Morgan fingerprint density at radius 1 is 1.28 bits per heavy atom. The van der Waals surface area contributed by atoms with Gasteiger partial charge in [-0.25, -0.2) is 4.99 Å². The third-order valence-corrected chi connectivity index (χ3v) is 4.78. The summed E-state index contributed by atoms with van der Waals surface area (Å²) in [5.74, 6) is 1.87. The van der Waals surface area contributed by atoms with E-state index in [1.54, 1.807) is 19.0 Å². The second-order valence-electron chi connectivity index (χ2n) is 7.58. The fourth-order valence-electron chi connectivity index (χ4n) is 3.04. The average Bonchev–Trinajstić information content (AvgIpc) is 2.58. The summed E-state index contributed by atoms with van der Waals surface area (Å²) in [5, 5.41) is 6.89. The van der Waals surface area contributed by atoms with Crippen LogP contribution in [-0.2, 0) is 9.53 Å². The fourth-order valence-corrected chi connectivity index (χ4v) is 3.04. The number of aliphatic imine (C=N–C) groups is 1. The summed E-state index contributed by atoms with van der Waals surface area (Å²) >= 11 is 0. The largest absolute Gasteiger partial charge is 0.378 e. The Balaban J connectivity index is 2.68. The third kappa shape index (κ3) is 8.08. The van der Waals surface area contributed by atoms with Crippen LogP contribution >= 0.6 is 0 Å². The number of rotatable bonds is 8. The van der Waals surface area contributed by atoms with Gasteiger partial charge in [-0.2, -0.15) is 0 Å². The van der Waals surface area contributed by atoms with Crippen LogP contribution in [0.5, 0.6) is 0 Å². The number of nitrogens with one attached hydrogen (secondary N) is 2. The number of carbonyl (C=O) groups excluding carboxylic acids is 1. The van der Waals surface area contributed by atoms with Crippen LogP contribution in [0.25, 0.3) is 0 Å². The number of carbonyl (C=O) groups is 1. The monoisotopic (exact) mass is 354 g/mol. The zero-order chi connectivity index (χ0) is 18.8. The van der Waals surface area contributed by atoms with Crippen molar-refractivity contribution in [3.8, 4) is 0 Å². The van der Waals surface area contributed by atoms with Crippen LogP contribution < -0.4 is 10.6 Å². The molecule has 2 N–H and O–H groups in total. The van der Waals surface area contributed by atoms with Crippen LogP contribution in [0.3, 0.4) is 0 Å². The smallest absolute Gasteiger partial charge is 0.243 e. The first-order valence-corrected chi connectivity index (χ1v) is 9.73. The minimum atomic E-state index is 0.00697. The highest BCUT2D eigenvalue weighted by Crippen LogP contribution is 2.25. The number of nitrogens with zero attached hydrogens (tertiary/aromatic N) is 2. The number of likely N-dealkylation sites (N-methyl/N-ethyl adjacent to an activating group) is 1. The molecule has 0 bridgehead atoms. The Morgan fingerprint density at radius 3 is 2.52 bits per heavy atom. The van der Waals surface area contributed by atoms with Crippen LogP contribution in [-0.4, -0.2) is 62.7 Å². The lowest BCUT2D eigenvalue weighted by Crippen LogP contribution is -2.49. The zero-order valence-corrected chi connectivity index (χ0v) is 17.0. The molecule has 1 aliphatic rings. The molecule has 1 rings (SSSR count). The maximum atomic E-state index is 11.8. The lowest BCUT2D eigenvalue weighted by atomic mass is 9.89. The summed E-state index contributed by atoms with van der Waals surface area (Å²) in [6, 6.07) is 0.340. The van der Waals surface area contributed by atoms with E-state index in [0.29, 0.717) is 24.0 Å². The number of guanidine groups is 1. The molecule has 2 atom stereocenters. The molecular weight excluding hydrogens is 316 g/mol. The van der Waals surface area contributed by atoms with E-state index in [0.717, 1.165) is 44.8 Å². The standard InChI is InChI=1S/C19H38N4O2/c1-7-15(8-2)17-11-16(9-10-25-17)22-19(20-12-14(3)4)21-13-18(24)23(5)6/h14-17H,7-13H2,1-6H3,(H2,20,21,22). The summed E-state index contributed by atoms with van der Waals surface area (Å²) in [4.78, 5) is 17.9. The molecule has 0 aromatic heterocycles. The Hall–Kier alpha value is -1.30. The van der Waals surface area contributed by atoms with Crippen molar-refractivity contribution in [2.45, 2.75) is 65.5 Å². The number of hydrogen-bond acceptors (Lipinski definition) is 3. The topological polar surface area (TPSA) is 66.0 Å². The van der Waals surface area contributed by atoms with Gasteiger partial charge in [0.25, 0.3) is 0 Å². The predicted octanol–water partition coefficient (Wildman–Crippen LogP) is 2.25. The molecule has 6 nitrogen and oxygen atoms in total. The van der Waals surface area contributed by atoms with E-state index in [1.807, 2.05) is 0 Å². The lowest BCUT2D eigenvalue weighted by molar-refractivity contribution is -0.127. The molecule has 1 aliphatic heterocycles. The minimum absolute atomic E-state index is 0.00697. The molecule has 1 heterocycles. The summed E-state index contributed by atoms with van der Waals surface area (Å²) < 4.78 is 6.00. The number of hydrogen-bond donors (Lipinski definition) is 2. The first kappa shape index (κ1) is 21.7. The maximum absolute atomic E-state index is 11.8. The van der Waals surface area contributed by atoms with E-state index < -0.39 is 0 Å². The van der Waals surface area contributed by atoms with Gasteiger partial charge in [0.1, 0.15) is 6.54 Å². The van der Waals surface area contributed by atoms with Gasteiger partial charge in [-0.15, -0.1) is 0 Å². The van der Waals surface area contributed by atoms with Crippen molar-refractivity contribution in [1.29, 1.82) is 0 Å². The van der Waals surface area contributed by atoms with Crippen LogP contribution in [0, 0.1) is 11.8 Å². The molecular formula is C19H38N4O2. The molecule has 0 radical (unpaired) electrons. The van der Waals surface area contributed by atoms with Crippen molar-refractivity contribution in [2.24, 2.45) is 16.8 Å². The molecule has 0 aliphatic carbocycles. The molecule has 25 heavy (non-hydrogen) atoms. The zero-order valence-electron chi connectivity index (χ0n) is 17.0. The van der Waals surface area contributed by atoms with Gasteiger partial charge < -0.3 is 20.3 Å². The summed E-state index contributed by atoms with van der Waals surface area (Å²) in [6.45, 7) is 10.6. The van der Waals surface area contributed by atoms with E-state index in [1.165, 1.54) is 0 Å². The number of ether oxygens (including phenoxy) is 1. The molecule has 0 spiro atoms. The van der Waals surface area contributed by atoms with E-state index in [2.05, 4.69) is 43.3 Å². The van der Waals surface area contributed by atoms with Crippen LogP contribution in [0.2, 0.25) is 0 Å². The minimum Gasteiger partial charge on any atom is -0.378 e. The summed E-state index contributed by atoms with van der Waals surface area (Å²) in [7, 11) is 3.51. The van der Waals surface area contributed by atoms with Crippen molar-refractivity contribution < 1.29 is 9.53 Å². The van der Waals surface area contributed by atoms with Gasteiger partial charge in [0.15, 0.2) is 5.96 Å². The van der Waals surface area contributed by atoms with Crippen molar-refractivity contribution in [2.75, 3.05) is 33.8 Å². The third-order valence-electron chi connectivity index (χ3n) is 4.78. The second kappa shape index (κ2) is 11.3. The normalized spacial score (nSPS) is 21.5. The van der Waals surface area contributed by atoms with Gasteiger partial charge in [0.2, 0.25) is 5.91 Å². The molecule has 1 fully saturated rings. The Bertz CT molecular complexity index is 420. The second-order valence-corrected chi connectivity index (χ2v) is 7.58. The van der Waals surface area contributed by atoms with Crippen LogP contribution in [0.4, 0.5) is 0 Å². The highest BCUT2D eigenvalue weighted by atomic mass is 16.5. The lowest BCUT2D eigenvalue weighted by Gasteiger charge is -2.35. The van der Waals surface area contributed by atoms with Gasteiger partial charge in [-0.05, 0) is 24.7 Å². The van der Waals surface area contributed by atoms with E-state index in [-0.39, 0.29) is 12.5 Å². The quantitative estimate of drug-likeness (QED) is 0.518. The Kier molecular flexibility index (Phi) is 9.86. The van der Waals surface area contributed by atoms with E-state index >= 15 is 0 Å². The summed E-state index contributed by atoms with van der Waals surface area (Å²) in [6.07, 6.45) is 4.59. The first-order valence-electron chi connectivity index (χ1n) is 9.73. The number of amides is 1. The van der Waals surface area contributed by atoms with Crippen molar-refractivity contribution in [3.63, 3.8) is 0 Å². The van der Waals surface area contributed by atoms with Gasteiger partial charge in [-0.3, -0.25) is 4.79 Å². The highest BCUT2D eigenvalue weighted by Gasteiger charge is 2.28. The Morgan fingerprint density at radius 2 is 1.96 bits per heavy atom. The molecule has 1 saturated heterocycles. The van der Waals surface area contributed by atoms with Gasteiger partial charge in [-0.1, -0.05) is 40.5 Å². The molecule has 146 valence electrons. The van der Waals surface area contributed by atoms with Crippen molar-refractivity contribution >= 4 is 11.9 Å². The van der Waals surface area contributed by atoms with Crippen LogP contribution in [0.1, 0.15) is 53.4 Å². The molecule has 1 amide bonds. The average molecular weight is 355 g/mol. The van der Waals surface area contributed by atoms with Gasteiger partial charge in [0.05, 0.1) is 6.10 Å². The molecule has 0 aromatic carbocycles.